The molecule has 1 aromatic rings. The van der Waals surface area contributed by atoms with Crippen LogP contribution in [0.5, 0.6) is 5.75 Å². The standard InChI is InChI=1S/C19H28N2O6/c1-5-16(6-2)27-19(13-22)18(12-21(24)25)20(14(3)23)11-15-7-9-17(26-4)10-8-15/h7-10,13,16,18-19H,5-6,11-12H2,1-4H3/t18-,19-/m0/s1. The molecule has 0 aromatic heterocycles. The number of carbonyl (C=O) groups is 2. The summed E-state index contributed by atoms with van der Waals surface area (Å²) in [6.07, 6.45) is 0.623. The molecule has 8 nitrogen and oxygen atoms in total. The van der Waals surface area contributed by atoms with Crippen LogP contribution in [0.2, 0.25) is 0 Å². The molecule has 0 aliphatic carbocycles. The lowest BCUT2D eigenvalue weighted by molar-refractivity contribution is -0.488. The molecule has 27 heavy (non-hydrogen) atoms. The molecular formula is C19H28N2O6. The third-order valence-corrected chi connectivity index (χ3v) is 4.43. The minimum absolute atomic E-state index is 0.133. The van der Waals surface area contributed by atoms with E-state index in [9.17, 15) is 19.7 Å². The average Bonchev–Trinajstić information content (AvgIpc) is 2.66. The smallest absolute Gasteiger partial charge is 0.227 e. The molecule has 1 rings (SSSR count). The highest BCUT2D eigenvalue weighted by molar-refractivity contribution is 5.74. The topological polar surface area (TPSA) is 99.0 Å². The van der Waals surface area contributed by atoms with Gasteiger partial charge in [-0.2, -0.15) is 0 Å². The number of rotatable bonds is 12. The molecule has 0 unspecified atom stereocenters. The minimum atomic E-state index is -1.07. The van der Waals surface area contributed by atoms with Gasteiger partial charge in [-0.15, -0.1) is 0 Å². The highest BCUT2D eigenvalue weighted by Gasteiger charge is 2.35. The van der Waals surface area contributed by atoms with Crippen molar-refractivity contribution in [3.63, 3.8) is 0 Å². The Kier molecular flexibility index (Phi) is 9.42. The van der Waals surface area contributed by atoms with Gasteiger partial charge in [0.1, 0.15) is 17.9 Å². The van der Waals surface area contributed by atoms with Crippen LogP contribution in [0.1, 0.15) is 39.2 Å². The van der Waals surface area contributed by atoms with Crippen molar-refractivity contribution >= 4 is 12.2 Å². The zero-order chi connectivity index (χ0) is 20.4. The Labute approximate surface area is 159 Å². The van der Waals surface area contributed by atoms with Crippen LogP contribution in [0.4, 0.5) is 0 Å². The number of hydrogen-bond donors (Lipinski definition) is 0. The van der Waals surface area contributed by atoms with Crippen LogP contribution in [-0.4, -0.2) is 53.9 Å². The molecule has 0 saturated carbocycles. The molecule has 0 aliphatic heterocycles. The van der Waals surface area contributed by atoms with Crippen LogP contribution < -0.4 is 4.74 Å². The van der Waals surface area contributed by atoms with Crippen molar-refractivity contribution in [3.05, 3.63) is 39.9 Å². The van der Waals surface area contributed by atoms with Crippen molar-refractivity contribution in [2.45, 2.75) is 58.4 Å². The zero-order valence-corrected chi connectivity index (χ0v) is 16.3. The number of hydrogen-bond acceptors (Lipinski definition) is 6. The number of aldehydes is 1. The van der Waals surface area contributed by atoms with Gasteiger partial charge >= 0.3 is 0 Å². The molecule has 0 radical (unpaired) electrons. The van der Waals surface area contributed by atoms with Crippen LogP contribution in [0.3, 0.4) is 0 Å². The number of benzene rings is 1. The van der Waals surface area contributed by atoms with Gasteiger partial charge in [-0.3, -0.25) is 14.9 Å². The summed E-state index contributed by atoms with van der Waals surface area (Å²) in [5.41, 5.74) is 0.770. The average molecular weight is 380 g/mol. The molecule has 0 aliphatic rings. The molecule has 0 saturated heterocycles. The number of nitrogens with zero attached hydrogens (tertiary/aromatic N) is 2. The summed E-state index contributed by atoms with van der Waals surface area (Å²) in [6.45, 7) is 4.72. The van der Waals surface area contributed by atoms with Crippen molar-refractivity contribution in [2.75, 3.05) is 13.7 Å². The fraction of sp³-hybridized carbons (Fsp3) is 0.579. The van der Waals surface area contributed by atoms with E-state index in [0.717, 1.165) is 5.56 Å². The van der Waals surface area contributed by atoms with E-state index in [1.165, 1.54) is 11.8 Å². The molecule has 0 N–H and O–H groups in total. The van der Waals surface area contributed by atoms with Crippen molar-refractivity contribution in [1.29, 1.82) is 0 Å². The monoisotopic (exact) mass is 380 g/mol. The maximum Gasteiger partial charge on any atom is 0.227 e. The molecule has 2 atom stereocenters. The summed E-state index contributed by atoms with van der Waals surface area (Å²) in [6, 6.07) is 6.05. The molecular weight excluding hydrogens is 352 g/mol. The number of nitro groups is 1. The summed E-state index contributed by atoms with van der Waals surface area (Å²) >= 11 is 0. The van der Waals surface area contributed by atoms with Gasteiger partial charge < -0.3 is 19.2 Å². The minimum Gasteiger partial charge on any atom is -0.497 e. The highest BCUT2D eigenvalue weighted by atomic mass is 16.6. The van der Waals surface area contributed by atoms with Gasteiger partial charge in [0.2, 0.25) is 12.5 Å². The normalized spacial score (nSPS) is 13.1. The van der Waals surface area contributed by atoms with Gasteiger partial charge in [0.05, 0.1) is 13.2 Å². The predicted octanol–water partition coefficient (Wildman–Crippen LogP) is 2.46. The zero-order valence-electron chi connectivity index (χ0n) is 16.3. The Bertz CT molecular complexity index is 615. The van der Waals surface area contributed by atoms with Crippen LogP contribution in [0, 0.1) is 10.1 Å². The second-order valence-electron chi connectivity index (χ2n) is 6.25. The third-order valence-electron chi connectivity index (χ3n) is 4.43. The number of ether oxygens (including phenoxy) is 2. The Balaban J connectivity index is 3.13. The van der Waals surface area contributed by atoms with Gasteiger partial charge in [-0.1, -0.05) is 26.0 Å². The first-order valence-electron chi connectivity index (χ1n) is 8.98. The largest absolute Gasteiger partial charge is 0.497 e. The number of carbonyl (C=O) groups excluding carboxylic acids is 2. The van der Waals surface area contributed by atoms with Crippen molar-refractivity contribution < 1.29 is 24.0 Å². The van der Waals surface area contributed by atoms with E-state index in [2.05, 4.69) is 0 Å². The van der Waals surface area contributed by atoms with Crippen LogP contribution in [0.15, 0.2) is 24.3 Å². The summed E-state index contributed by atoms with van der Waals surface area (Å²) in [5.74, 6) is 0.301. The first-order valence-corrected chi connectivity index (χ1v) is 8.98. The highest BCUT2D eigenvalue weighted by Crippen LogP contribution is 2.18. The first kappa shape index (κ1) is 22.6. The van der Waals surface area contributed by atoms with E-state index in [1.807, 2.05) is 13.8 Å². The molecule has 150 valence electrons. The van der Waals surface area contributed by atoms with E-state index in [1.54, 1.807) is 31.4 Å². The molecule has 8 heteroatoms. The van der Waals surface area contributed by atoms with E-state index >= 15 is 0 Å². The van der Waals surface area contributed by atoms with E-state index in [-0.39, 0.29) is 18.6 Å². The van der Waals surface area contributed by atoms with Crippen LogP contribution >= 0.6 is 0 Å². The fourth-order valence-electron chi connectivity index (χ4n) is 2.84. The van der Waals surface area contributed by atoms with Gasteiger partial charge in [0.25, 0.3) is 0 Å². The van der Waals surface area contributed by atoms with Crippen LogP contribution in [0.25, 0.3) is 0 Å². The fourth-order valence-corrected chi connectivity index (χ4v) is 2.84. The molecule has 1 aromatic carbocycles. The molecule has 0 heterocycles. The summed E-state index contributed by atoms with van der Waals surface area (Å²) in [4.78, 5) is 35.9. The van der Waals surface area contributed by atoms with Gasteiger partial charge in [-0.05, 0) is 30.5 Å². The first-order chi connectivity index (χ1) is 12.9. The summed E-state index contributed by atoms with van der Waals surface area (Å²) < 4.78 is 10.9. The van der Waals surface area contributed by atoms with Gasteiger partial charge in [-0.25, -0.2) is 0 Å². The Morgan fingerprint density at radius 1 is 1.26 bits per heavy atom. The second-order valence-corrected chi connectivity index (χ2v) is 6.25. The van der Waals surface area contributed by atoms with Crippen molar-refractivity contribution in [2.24, 2.45) is 0 Å². The van der Waals surface area contributed by atoms with Crippen molar-refractivity contribution in [1.82, 2.24) is 4.90 Å². The van der Waals surface area contributed by atoms with Crippen LogP contribution in [-0.2, 0) is 20.9 Å². The number of amides is 1. The maximum absolute atomic E-state index is 12.2. The second kappa shape index (κ2) is 11.3. The molecule has 0 bridgehead atoms. The number of methoxy groups -OCH3 is 1. The lowest BCUT2D eigenvalue weighted by Crippen LogP contribution is -2.52. The van der Waals surface area contributed by atoms with E-state index in [0.29, 0.717) is 24.9 Å². The molecule has 0 fully saturated rings. The SMILES string of the molecule is CCC(CC)O[C@@H](C=O)[C@H](C[N+](=O)[O-])N(Cc1ccc(OC)cc1)C(C)=O. The lowest BCUT2D eigenvalue weighted by atomic mass is 10.1. The molecule has 0 spiro atoms. The summed E-state index contributed by atoms with van der Waals surface area (Å²) in [7, 11) is 1.55. The quantitative estimate of drug-likeness (QED) is 0.314. The Hall–Kier alpha value is -2.48. The molecule has 1 amide bonds. The van der Waals surface area contributed by atoms with E-state index in [4.69, 9.17) is 9.47 Å². The van der Waals surface area contributed by atoms with Gasteiger partial charge in [0, 0.05) is 18.4 Å². The van der Waals surface area contributed by atoms with Crippen molar-refractivity contribution in [3.8, 4) is 5.75 Å². The van der Waals surface area contributed by atoms with E-state index < -0.39 is 23.6 Å². The van der Waals surface area contributed by atoms with Gasteiger partial charge in [0.15, 0.2) is 6.29 Å². The Morgan fingerprint density at radius 3 is 2.26 bits per heavy atom. The summed E-state index contributed by atoms with van der Waals surface area (Å²) in [5, 5.41) is 11.2. The maximum atomic E-state index is 12.2. The third kappa shape index (κ3) is 6.97. The Morgan fingerprint density at radius 2 is 1.85 bits per heavy atom. The predicted molar refractivity (Wildman–Crippen MR) is 100 cm³/mol. The lowest BCUT2D eigenvalue weighted by Gasteiger charge is -2.33.